The van der Waals surface area contributed by atoms with Gasteiger partial charge < -0.3 is 25.2 Å². The highest BCUT2D eigenvalue weighted by Crippen LogP contribution is 2.09. The maximum Gasteiger partial charge on any atom is 0.408 e. The highest BCUT2D eigenvalue weighted by molar-refractivity contribution is 7.99. The fourth-order valence-electron chi connectivity index (χ4n) is 1.37. The molecule has 0 spiro atoms. The summed E-state index contributed by atoms with van der Waals surface area (Å²) in [5.74, 6) is -0.502. The van der Waals surface area contributed by atoms with Crippen molar-refractivity contribution in [2.45, 2.75) is 58.8 Å². The molecule has 1 atom stereocenters. The maximum atomic E-state index is 11.6. The van der Waals surface area contributed by atoms with Crippen LogP contribution in [0, 0.1) is 0 Å². The zero-order chi connectivity index (χ0) is 19.0. The first kappa shape index (κ1) is 22.4. The third-order valence-corrected chi connectivity index (χ3v) is 3.25. The Balaban J connectivity index is 4.09. The number of hydrogen-bond acceptors (Lipinski definition) is 6. The first-order valence-corrected chi connectivity index (χ1v) is 8.72. The van der Waals surface area contributed by atoms with E-state index in [0.29, 0.717) is 12.3 Å². The van der Waals surface area contributed by atoms with Crippen LogP contribution in [0.1, 0.15) is 41.5 Å². The van der Waals surface area contributed by atoms with Crippen molar-refractivity contribution in [1.82, 2.24) is 10.6 Å². The summed E-state index contributed by atoms with van der Waals surface area (Å²) in [6, 6.07) is -1.06. The van der Waals surface area contributed by atoms with Crippen molar-refractivity contribution < 1.29 is 29.0 Å². The molecule has 2 amide bonds. The molecule has 24 heavy (non-hydrogen) atoms. The molecule has 0 aromatic heterocycles. The van der Waals surface area contributed by atoms with Crippen molar-refractivity contribution >= 4 is 29.9 Å². The van der Waals surface area contributed by atoms with E-state index < -0.39 is 35.4 Å². The van der Waals surface area contributed by atoms with Gasteiger partial charge in [0.25, 0.3) is 0 Å². The molecule has 0 fully saturated rings. The lowest BCUT2D eigenvalue weighted by molar-refractivity contribution is -0.138. The number of carboxylic acids is 1. The predicted molar refractivity (Wildman–Crippen MR) is 92.4 cm³/mol. The highest BCUT2D eigenvalue weighted by Gasteiger charge is 2.23. The third-order valence-electron chi connectivity index (χ3n) is 2.19. The minimum Gasteiger partial charge on any atom is -0.480 e. The summed E-state index contributed by atoms with van der Waals surface area (Å²) in [4.78, 5) is 34.2. The Bertz CT molecular complexity index is 442. The smallest absolute Gasteiger partial charge is 0.408 e. The van der Waals surface area contributed by atoms with E-state index in [1.165, 1.54) is 11.8 Å². The molecule has 0 saturated heterocycles. The van der Waals surface area contributed by atoms with E-state index in [4.69, 9.17) is 14.6 Å². The fourth-order valence-corrected chi connectivity index (χ4v) is 2.24. The van der Waals surface area contributed by atoms with Gasteiger partial charge in [-0.25, -0.2) is 14.4 Å². The number of carboxylic acid groups (broad SMARTS) is 1. The molecule has 0 aliphatic carbocycles. The Morgan fingerprint density at radius 2 is 1.50 bits per heavy atom. The van der Waals surface area contributed by atoms with Crippen LogP contribution in [-0.4, -0.2) is 58.6 Å². The van der Waals surface area contributed by atoms with Crippen LogP contribution in [0.2, 0.25) is 0 Å². The van der Waals surface area contributed by atoms with Crippen LogP contribution >= 0.6 is 11.8 Å². The van der Waals surface area contributed by atoms with Gasteiger partial charge in [0.1, 0.15) is 17.2 Å². The average Bonchev–Trinajstić information content (AvgIpc) is 2.32. The van der Waals surface area contributed by atoms with Gasteiger partial charge in [-0.1, -0.05) is 0 Å². The minimum atomic E-state index is -1.14. The van der Waals surface area contributed by atoms with E-state index in [9.17, 15) is 14.4 Å². The van der Waals surface area contributed by atoms with Gasteiger partial charge in [0.2, 0.25) is 0 Å². The molecular formula is C15H28N2O6S. The first-order valence-electron chi connectivity index (χ1n) is 7.57. The molecular weight excluding hydrogens is 336 g/mol. The zero-order valence-corrected chi connectivity index (χ0v) is 15.9. The number of ether oxygens (including phenoxy) is 2. The second kappa shape index (κ2) is 9.61. The van der Waals surface area contributed by atoms with Gasteiger partial charge in [0.15, 0.2) is 0 Å². The molecule has 0 aliphatic rings. The summed E-state index contributed by atoms with van der Waals surface area (Å²) in [5.41, 5.74) is -1.26. The van der Waals surface area contributed by atoms with Gasteiger partial charge in [-0.15, -0.1) is 0 Å². The Labute approximate surface area is 147 Å². The number of nitrogens with one attached hydrogen (secondary N) is 2. The van der Waals surface area contributed by atoms with Crippen LogP contribution in [0.5, 0.6) is 0 Å². The van der Waals surface area contributed by atoms with Crippen molar-refractivity contribution in [1.29, 1.82) is 0 Å². The topological polar surface area (TPSA) is 114 Å². The van der Waals surface area contributed by atoms with Crippen molar-refractivity contribution in [3.8, 4) is 0 Å². The second-order valence-corrected chi connectivity index (χ2v) is 8.19. The van der Waals surface area contributed by atoms with E-state index in [1.54, 1.807) is 41.5 Å². The number of carbonyl (C=O) groups excluding carboxylic acids is 2. The lowest BCUT2D eigenvalue weighted by atomic mass is 10.2. The fraction of sp³-hybridized carbons (Fsp3) is 0.800. The van der Waals surface area contributed by atoms with Crippen LogP contribution in [0.25, 0.3) is 0 Å². The number of amides is 2. The highest BCUT2D eigenvalue weighted by atomic mass is 32.2. The molecule has 0 saturated carbocycles. The van der Waals surface area contributed by atoms with E-state index in [0.717, 1.165) is 0 Å². The summed E-state index contributed by atoms with van der Waals surface area (Å²) in [6.07, 6.45) is -1.30. The SMILES string of the molecule is CC(C)(C)OC(=O)NCCSCC(NC(=O)OC(C)(C)C)C(=O)O. The van der Waals surface area contributed by atoms with Crippen LogP contribution < -0.4 is 10.6 Å². The summed E-state index contributed by atoms with van der Waals surface area (Å²) in [5, 5.41) is 14.0. The molecule has 0 bridgehead atoms. The van der Waals surface area contributed by atoms with Crippen LogP contribution in [0.3, 0.4) is 0 Å². The number of alkyl carbamates (subject to hydrolysis) is 2. The third kappa shape index (κ3) is 12.9. The van der Waals surface area contributed by atoms with Crippen LogP contribution in [0.15, 0.2) is 0 Å². The summed E-state index contributed by atoms with van der Waals surface area (Å²) in [6.45, 7) is 10.7. The van der Waals surface area contributed by atoms with Gasteiger partial charge in [-0.3, -0.25) is 0 Å². The number of hydrogen-bond donors (Lipinski definition) is 3. The molecule has 140 valence electrons. The molecule has 8 nitrogen and oxygen atoms in total. The van der Waals surface area contributed by atoms with E-state index in [1.807, 2.05) is 0 Å². The van der Waals surface area contributed by atoms with Gasteiger partial charge in [0.05, 0.1) is 0 Å². The summed E-state index contributed by atoms with van der Waals surface area (Å²) in [7, 11) is 0. The molecule has 9 heteroatoms. The normalized spacial score (nSPS) is 12.9. The van der Waals surface area contributed by atoms with Crippen molar-refractivity contribution in [3.63, 3.8) is 0 Å². The van der Waals surface area contributed by atoms with E-state index in [2.05, 4.69) is 10.6 Å². The van der Waals surface area contributed by atoms with Crippen LogP contribution in [0.4, 0.5) is 9.59 Å². The minimum absolute atomic E-state index is 0.157. The molecule has 0 aromatic carbocycles. The van der Waals surface area contributed by atoms with Crippen molar-refractivity contribution in [3.05, 3.63) is 0 Å². The Hall–Kier alpha value is -1.64. The number of thioether (sulfide) groups is 1. The maximum absolute atomic E-state index is 11.6. The van der Waals surface area contributed by atoms with Gasteiger partial charge in [-0.2, -0.15) is 11.8 Å². The Morgan fingerprint density at radius 3 is 1.96 bits per heavy atom. The summed E-state index contributed by atoms with van der Waals surface area (Å²) < 4.78 is 10.1. The summed E-state index contributed by atoms with van der Waals surface area (Å²) >= 11 is 1.29. The second-order valence-electron chi connectivity index (χ2n) is 7.04. The Kier molecular flexibility index (Phi) is 8.95. The standard InChI is InChI=1S/C15H28N2O6S/c1-14(2,3)22-12(20)16-7-8-24-9-10(11(18)19)17-13(21)23-15(4,5)6/h10H,7-9H2,1-6H3,(H,16,20)(H,17,21)(H,18,19). The molecule has 0 heterocycles. The first-order chi connectivity index (χ1) is 10.8. The molecule has 0 aromatic rings. The van der Waals surface area contributed by atoms with Crippen LogP contribution in [-0.2, 0) is 14.3 Å². The number of aliphatic carboxylic acids is 1. The van der Waals surface area contributed by atoms with Gasteiger partial charge in [0, 0.05) is 18.1 Å². The largest absolute Gasteiger partial charge is 0.480 e. The molecule has 0 rings (SSSR count). The number of rotatable bonds is 7. The number of carbonyl (C=O) groups is 3. The van der Waals surface area contributed by atoms with Gasteiger partial charge in [-0.05, 0) is 41.5 Å². The molecule has 1 unspecified atom stereocenters. The molecule has 0 aliphatic heterocycles. The van der Waals surface area contributed by atoms with Crippen molar-refractivity contribution in [2.24, 2.45) is 0 Å². The molecule has 0 radical (unpaired) electrons. The van der Waals surface area contributed by atoms with Crippen molar-refractivity contribution in [2.75, 3.05) is 18.1 Å². The average molecular weight is 364 g/mol. The van der Waals surface area contributed by atoms with E-state index in [-0.39, 0.29) is 5.75 Å². The predicted octanol–water partition coefficient (Wildman–Crippen LogP) is 2.22. The Morgan fingerprint density at radius 1 is 1.00 bits per heavy atom. The lowest BCUT2D eigenvalue weighted by Gasteiger charge is -2.22. The zero-order valence-electron chi connectivity index (χ0n) is 15.1. The van der Waals surface area contributed by atoms with Gasteiger partial charge >= 0.3 is 18.2 Å². The van der Waals surface area contributed by atoms with E-state index >= 15 is 0 Å². The molecule has 3 N–H and O–H groups in total. The monoisotopic (exact) mass is 364 g/mol. The quantitative estimate of drug-likeness (QED) is 0.593. The lowest BCUT2D eigenvalue weighted by Crippen LogP contribution is -2.45.